The summed E-state index contributed by atoms with van der Waals surface area (Å²) in [6.07, 6.45) is 0. The van der Waals surface area contributed by atoms with Crippen LogP contribution < -0.4 is 4.90 Å². The first-order valence-electron chi connectivity index (χ1n) is 26.1. The first-order chi connectivity index (χ1) is 37.2. The van der Waals surface area contributed by atoms with Gasteiger partial charge in [-0.3, -0.25) is 0 Å². The lowest BCUT2D eigenvalue weighted by molar-refractivity contribution is 0.768. The van der Waals surface area contributed by atoms with Gasteiger partial charge in [0, 0.05) is 17.1 Å². The minimum absolute atomic E-state index is 0.479. The zero-order chi connectivity index (χ0) is 49.8. The van der Waals surface area contributed by atoms with Crippen LogP contribution in [0.4, 0.5) is 17.1 Å². The molecule has 0 unspecified atom stereocenters. The maximum absolute atomic E-state index is 2.47. The molecule has 2 aliphatic rings. The van der Waals surface area contributed by atoms with E-state index in [0.717, 1.165) is 22.6 Å². The maximum atomic E-state index is 2.47. The third-order valence-electron chi connectivity index (χ3n) is 16.0. The second-order valence-corrected chi connectivity index (χ2v) is 19.9. The highest BCUT2D eigenvalue weighted by Gasteiger charge is 2.48. The Morgan fingerprint density at radius 2 is 0.573 bits per heavy atom. The van der Waals surface area contributed by atoms with Crippen LogP contribution >= 0.6 is 0 Å². The van der Waals surface area contributed by atoms with E-state index in [2.05, 4.69) is 314 Å². The Kier molecular flexibility index (Phi) is 10.7. The number of benzene rings is 12. The fourth-order valence-electron chi connectivity index (χ4n) is 13.0. The lowest BCUT2D eigenvalue weighted by Gasteiger charge is -2.35. The molecule has 12 aromatic rings. The second-order valence-electron chi connectivity index (χ2n) is 19.9. The average Bonchev–Trinajstić information content (AvgIpc) is 4.00. The van der Waals surface area contributed by atoms with E-state index in [1.54, 1.807) is 0 Å². The number of rotatable bonds is 10. The third-order valence-corrected chi connectivity index (χ3v) is 16.0. The van der Waals surface area contributed by atoms with Crippen LogP contribution in [0, 0.1) is 0 Å². The molecule has 1 heteroatoms. The van der Waals surface area contributed by atoms with Crippen molar-refractivity contribution in [3.63, 3.8) is 0 Å². The van der Waals surface area contributed by atoms with Crippen LogP contribution in [0.1, 0.15) is 44.5 Å². The van der Waals surface area contributed by atoms with Gasteiger partial charge in [-0.05, 0) is 137 Å². The fourth-order valence-corrected chi connectivity index (χ4v) is 13.0. The summed E-state index contributed by atoms with van der Waals surface area (Å²) < 4.78 is 0. The standard InChI is InChI=1S/C74H51N/c1-6-24-52(25-7-1)62-36-16-17-37-63(62)54-26-22-35-60(50-54)75(61-48-49-66-65-38-18-20-41-68(65)74(71(66)51-61,57-31-12-4-13-32-57)58-33-14-5-15-34-58)59-46-44-53(45-47-59)64-40-23-43-70-72(64)67-39-19-21-42-69(67)73(70,55-27-8-2-9-28-55)56-29-10-3-11-30-56/h1-51H. The quantitative estimate of drug-likeness (QED) is 0.132. The van der Waals surface area contributed by atoms with E-state index in [-0.39, 0.29) is 0 Å². The first kappa shape index (κ1) is 44.2. The van der Waals surface area contributed by atoms with Crippen molar-refractivity contribution in [3.8, 4) is 55.6 Å². The summed E-state index contributed by atoms with van der Waals surface area (Å²) >= 11 is 0. The van der Waals surface area contributed by atoms with Crippen LogP contribution in [0.15, 0.2) is 309 Å². The van der Waals surface area contributed by atoms with Crippen molar-refractivity contribution in [2.75, 3.05) is 4.90 Å². The minimum atomic E-state index is -0.546. The molecule has 0 fully saturated rings. The van der Waals surface area contributed by atoms with E-state index in [0.29, 0.717) is 0 Å². The van der Waals surface area contributed by atoms with E-state index in [1.807, 2.05) is 0 Å². The predicted molar refractivity (Wildman–Crippen MR) is 312 cm³/mol. The van der Waals surface area contributed by atoms with E-state index in [1.165, 1.54) is 94.6 Å². The van der Waals surface area contributed by atoms with Crippen molar-refractivity contribution in [2.24, 2.45) is 0 Å². The molecule has 1 nitrogen and oxygen atoms in total. The molecule has 75 heavy (non-hydrogen) atoms. The molecule has 14 rings (SSSR count). The fraction of sp³-hybridized carbons (Fsp3) is 0.0270. The van der Waals surface area contributed by atoms with Gasteiger partial charge in [0.1, 0.15) is 0 Å². The van der Waals surface area contributed by atoms with Gasteiger partial charge in [-0.15, -0.1) is 0 Å². The summed E-state index contributed by atoms with van der Waals surface area (Å²) in [5, 5.41) is 0. The van der Waals surface area contributed by atoms with Gasteiger partial charge in [0.25, 0.3) is 0 Å². The largest absolute Gasteiger partial charge is 0.310 e. The van der Waals surface area contributed by atoms with Gasteiger partial charge in [0.15, 0.2) is 0 Å². The van der Waals surface area contributed by atoms with Crippen LogP contribution in [0.2, 0.25) is 0 Å². The maximum Gasteiger partial charge on any atom is 0.0714 e. The summed E-state index contributed by atoms with van der Waals surface area (Å²) in [6, 6.07) is 114. The van der Waals surface area contributed by atoms with Crippen molar-refractivity contribution in [2.45, 2.75) is 10.8 Å². The van der Waals surface area contributed by atoms with E-state index >= 15 is 0 Å². The zero-order valence-corrected chi connectivity index (χ0v) is 41.4. The Morgan fingerprint density at radius 1 is 0.200 bits per heavy atom. The van der Waals surface area contributed by atoms with Crippen molar-refractivity contribution in [1.82, 2.24) is 0 Å². The molecule has 0 amide bonds. The Bertz CT molecular complexity index is 3950. The number of hydrogen-bond acceptors (Lipinski definition) is 1. The number of hydrogen-bond donors (Lipinski definition) is 0. The molecule has 0 spiro atoms. The third kappa shape index (κ3) is 6.93. The Hall–Kier alpha value is -9.56. The smallest absolute Gasteiger partial charge is 0.0714 e. The highest BCUT2D eigenvalue weighted by Crippen LogP contribution is 2.60. The Morgan fingerprint density at radius 3 is 1.16 bits per heavy atom. The number of anilines is 3. The molecule has 0 atom stereocenters. The van der Waals surface area contributed by atoms with Gasteiger partial charge < -0.3 is 4.90 Å². The molecule has 0 saturated heterocycles. The average molecular weight is 954 g/mol. The molecule has 0 radical (unpaired) electrons. The summed E-state index contributed by atoms with van der Waals surface area (Å²) in [7, 11) is 0. The summed E-state index contributed by atoms with van der Waals surface area (Å²) in [5.41, 5.74) is 24.6. The van der Waals surface area contributed by atoms with Crippen LogP contribution in [-0.4, -0.2) is 0 Å². The monoisotopic (exact) mass is 953 g/mol. The minimum Gasteiger partial charge on any atom is -0.310 e. The molecular formula is C74H51N. The van der Waals surface area contributed by atoms with E-state index in [4.69, 9.17) is 0 Å². The molecule has 352 valence electrons. The second kappa shape index (κ2) is 18.2. The highest BCUT2D eigenvalue weighted by molar-refractivity contribution is 5.97. The van der Waals surface area contributed by atoms with E-state index < -0.39 is 10.8 Å². The lowest BCUT2D eigenvalue weighted by Crippen LogP contribution is -2.28. The number of fused-ring (bicyclic) bond motifs is 6. The van der Waals surface area contributed by atoms with Gasteiger partial charge in [-0.2, -0.15) is 0 Å². The normalized spacial score (nSPS) is 13.3. The molecule has 0 heterocycles. The molecule has 2 aliphatic carbocycles. The molecule has 0 bridgehead atoms. The van der Waals surface area contributed by atoms with Crippen LogP contribution in [-0.2, 0) is 10.8 Å². The van der Waals surface area contributed by atoms with Crippen molar-refractivity contribution >= 4 is 17.1 Å². The Labute approximate surface area is 440 Å². The zero-order valence-electron chi connectivity index (χ0n) is 41.4. The van der Waals surface area contributed by atoms with Crippen LogP contribution in [0.25, 0.3) is 55.6 Å². The molecule has 12 aromatic carbocycles. The van der Waals surface area contributed by atoms with Gasteiger partial charge in [-0.1, -0.05) is 273 Å². The first-order valence-corrected chi connectivity index (χ1v) is 26.1. The van der Waals surface area contributed by atoms with Crippen molar-refractivity contribution < 1.29 is 0 Å². The lowest BCUT2D eigenvalue weighted by atomic mass is 9.67. The molecule has 0 N–H and O–H groups in total. The number of nitrogens with zero attached hydrogens (tertiary/aromatic N) is 1. The molecule has 0 aromatic heterocycles. The molecular weight excluding hydrogens is 903 g/mol. The SMILES string of the molecule is c1ccc(-c2ccccc2-c2cccc(N(c3ccc(-c4cccc5c4-c4ccccc4C5(c4ccccc4)c4ccccc4)cc3)c3ccc4c(c3)C(c3ccccc3)(c3ccccc3)c3ccccc3-4)c2)cc1. The molecule has 0 aliphatic heterocycles. The van der Waals surface area contributed by atoms with E-state index in [9.17, 15) is 0 Å². The van der Waals surface area contributed by atoms with Crippen LogP contribution in [0.3, 0.4) is 0 Å². The van der Waals surface area contributed by atoms with Gasteiger partial charge in [0.05, 0.1) is 10.8 Å². The van der Waals surface area contributed by atoms with Gasteiger partial charge in [-0.25, -0.2) is 0 Å². The van der Waals surface area contributed by atoms with Crippen LogP contribution in [0.5, 0.6) is 0 Å². The van der Waals surface area contributed by atoms with Gasteiger partial charge in [0.2, 0.25) is 0 Å². The Balaban J connectivity index is 0.968. The van der Waals surface area contributed by atoms with Crippen molar-refractivity contribution in [1.29, 1.82) is 0 Å². The summed E-state index contributed by atoms with van der Waals surface area (Å²) in [4.78, 5) is 2.46. The van der Waals surface area contributed by atoms with Crippen molar-refractivity contribution in [3.05, 3.63) is 354 Å². The highest BCUT2D eigenvalue weighted by atomic mass is 15.1. The predicted octanol–water partition coefficient (Wildman–Crippen LogP) is 18.9. The molecule has 0 saturated carbocycles. The summed E-state index contributed by atoms with van der Waals surface area (Å²) in [5.74, 6) is 0. The topological polar surface area (TPSA) is 3.24 Å². The summed E-state index contributed by atoms with van der Waals surface area (Å²) in [6.45, 7) is 0. The van der Waals surface area contributed by atoms with Gasteiger partial charge >= 0.3 is 0 Å².